The van der Waals surface area contributed by atoms with Gasteiger partial charge in [-0.1, -0.05) is 0 Å². The summed E-state index contributed by atoms with van der Waals surface area (Å²) in [5.74, 6) is 0. The minimum absolute atomic E-state index is 0.0423. The van der Waals surface area contributed by atoms with E-state index in [-0.39, 0.29) is 6.10 Å². The number of hydrogen-bond acceptors (Lipinski definition) is 3. The van der Waals surface area contributed by atoms with Crippen molar-refractivity contribution < 1.29 is 5.11 Å². The molecule has 2 fully saturated rings. The maximum absolute atomic E-state index is 9.51. The summed E-state index contributed by atoms with van der Waals surface area (Å²) >= 11 is 0. The van der Waals surface area contributed by atoms with E-state index in [4.69, 9.17) is 0 Å². The molecule has 2 saturated heterocycles. The Morgan fingerprint density at radius 3 is 2.85 bits per heavy atom. The van der Waals surface area contributed by atoms with Gasteiger partial charge in [-0.3, -0.25) is 4.90 Å². The zero-order valence-electron chi connectivity index (χ0n) is 8.21. The Morgan fingerprint density at radius 2 is 2.08 bits per heavy atom. The Hall–Kier alpha value is -0.120. The molecule has 13 heavy (non-hydrogen) atoms. The van der Waals surface area contributed by atoms with E-state index in [1.807, 2.05) is 0 Å². The van der Waals surface area contributed by atoms with Crippen molar-refractivity contribution in [1.29, 1.82) is 0 Å². The van der Waals surface area contributed by atoms with Gasteiger partial charge in [0, 0.05) is 19.1 Å². The summed E-state index contributed by atoms with van der Waals surface area (Å²) in [4.78, 5) is 2.55. The molecule has 2 aliphatic heterocycles. The molecule has 3 nitrogen and oxygen atoms in total. The van der Waals surface area contributed by atoms with Gasteiger partial charge in [-0.25, -0.2) is 0 Å². The van der Waals surface area contributed by atoms with Crippen LogP contribution in [0.1, 0.15) is 25.7 Å². The lowest BCUT2D eigenvalue weighted by Crippen LogP contribution is -2.37. The number of nitrogens with zero attached hydrogens (tertiary/aromatic N) is 1. The van der Waals surface area contributed by atoms with Gasteiger partial charge in [0.25, 0.3) is 0 Å². The van der Waals surface area contributed by atoms with Crippen LogP contribution in [0.2, 0.25) is 0 Å². The molecule has 0 spiro atoms. The van der Waals surface area contributed by atoms with Crippen LogP contribution in [0, 0.1) is 0 Å². The number of hydrogen-bond donors (Lipinski definition) is 2. The topological polar surface area (TPSA) is 35.5 Å². The van der Waals surface area contributed by atoms with Gasteiger partial charge in [0.05, 0.1) is 6.10 Å². The second-order valence-corrected chi connectivity index (χ2v) is 4.27. The average Bonchev–Trinajstić information content (AvgIpc) is 2.56. The van der Waals surface area contributed by atoms with E-state index in [0.717, 1.165) is 38.4 Å². The molecule has 2 heterocycles. The van der Waals surface area contributed by atoms with Gasteiger partial charge in [-0.15, -0.1) is 0 Å². The highest BCUT2D eigenvalue weighted by molar-refractivity contribution is 4.82. The van der Waals surface area contributed by atoms with Crippen LogP contribution < -0.4 is 5.32 Å². The minimum Gasteiger partial charge on any atom is -0.393 e. The van der Waals surface area contributed by atoms with Gasteiger partial charge >= 0.3 is 0 Å². The number of likely N-dealkylation sites (tertiary alicyclic amines) is 1. The molecular formula is C10H20N2O. The van der Waals surface area contributed by atoms with Crippen molar-refractivity contribution >= 4 is 0 Å². The van der Waals surface area contributed by atoms with Crippen molar-refractivity contribution in [2.24, 2.45) is 0 Å². The molecule has 2 rings (SSSR count). The number of rotatable bonds is 1. The average molecular weight is 184 g/mol. The third-order valence-electron chi connectivity index (χ3n) is 3.28. The van der Waals surface area contributed by atoms with Crippen LogP contribution in [0.3, 0.4) is 0 Å². The van der Waals surface area contributed by atoms with Gasteiger partial charge in [-0.05, 0) is 38.8 Å². The summed E-state index contributed by atoms with van der Waals surface area (Å²) in [5.41, 5.74) is 0. The third kappa shape index (κ3) is 2.42. The molecule has 3 heteroatoms. The smallest absolute Gasteiger partial charge is 0.0553 e. The first-order valence-corrected chi connectivity index (χ1v) is 5.49. The number of aliphatic hydroxyl groups is 1. The Morgan fingerprint density at radius 1 is 1.15 bits per heavy atom. The highest BCUT2D eigenvalue weighted by Crippen LogP contribution is 2.16. The van der Waals surface area contributed by atoms with Crippen molar-refractivity contribution in [3.05, 3.63) is 0 Å². The Balaban J connectivity index is 1.84. The predicted octanol–water partition coefficient (Wildman–Crippen LogP) is 0.195. The fraction of sp³-hybridized carbons (Fsp3) is 1.00. The molecule has 0 aromatic heterocycles. The first kappa shape index (κ1) is 9.44. The van der Waals surface area contributed by atoms with Crippen molar-refractivity contribution in [3.8, 4) is 0 Å². The lowest BCUT2D eigenvalue weighted by Gasteiger charge is -2.26. The Kier molecular flexibility index (Phi) is 3.19. The van der Waals surface area contributed by atoms with Gasteiger partial charge in [0.2, 0.25) is 0 Å². The van der Waals surface area contributed by atoms with E-state index in [0.29, 0.717) is 0 Å². The molecule has 0 radical (unpaired) electrons. The monoisotopic (exact) mass is 184 g/mol. The Bertz CT molecular complexity index is 157. The molecule has 2 aliphatic rings. The molecule has 76 valence electrons. The molecule has 0 aliphatic carbocycles. The fourth-order valence-corrected chi connectivity index (χ4v) is 2.42. The number of aliphatic hydroxyl groups excluding tert-OH is 1. The highest BCUT2D eigenvalue weighted by Gasteiger charge is 2.24. The molecule has 0 bridgehead atoms. The van der Waals surface area contributed by atoms with Crippen molar-refractivity contribution in [2.45, 2.75) is 37.8 Å². The quantitative estimate of drug-likeness (QED) is 0.611. The van der Waals surface area contributed by atoms with Crippen LogP contribution in [0.4, 0.5) is 0 Å². The molecular weight excluding hydrogens is 164 g/mol. The summed E-state index contributed by atoms with van der Waals surface area (Å²) in [6, 6.07) is 0.741. The molecule has 0 aromatic carbocycles. The first-order chi connectivity index (χ1) is 6.36. The van der Waals surface area contributed by atoms with Crippen molar-refractivity contribution in [2.75, 3.05) is 26.2 Å². The van der Waals surface area contributed by atoms with E-state index < -0.39 is 0 Å². The summed E-state index contributed by atoms with van der Waals surface area (Å²) in [6.07, 6.45) is 4.38. The standard InChI is InChI=1S/C10H20N2O/c13-10-2-1-6-12(7-4-10)9-3-5-11-8-9/h9-11,13H,1-8H2. The zero-order chi connectivity index (χ0) is 9.10. The van der Waals surface area contributed by atoms with E-state index in [1.54, 1.807) is 0 Å². The van der Waals surface area contributed by atoms with E-state index >= 15 is 0 Å². The summed E-state index contributed by atoms with van der Waals surface area (Å²) < 4.78 is 0. The van der Waals surface area contributed by atoms with Crippen LogP contribution in [-0.4, -0.2) is 48.3 Å². The normalized spacial score (nSPS) is 37.6. The summed E-state index contributed by atoms with van der Waals surface area (Å²) in [6.45, 7) is 4.59. The second-order valence-electron chi connectivity index (χ2n) is 4.27. The Labute approximate surface area is 80.1 Å². The van der Waals surface area contributed by atoms with Crippen molar-refractivity contribution in [1.82, 2.24) is 10.2 Å². The maximum Gasteiger partial charge on any atom is 0.0553 e. The summed E-state index contributed by atoms with van der Waals surface area (Å²) in [7, 11) is 0. The van der Waals surface area contributed by atoms with Crippen LogP contribution in [0.25, 0.3) is 0 Å². The molecule has 2 unspecified atom stereocenters. The van der Waals surface area contributed by atoms with Gasteiger partial charge in [0.15, 0.2) is 0 Å². The first-order valence-electron chi connectivity index (χ1n) is 5.49. The fourth-order valence-electron chi connectivity index (χ4n) is 2.42. The second kappa shape index (κ2) is 4.40. The van der Waals surface area contributed by atoms with Gasteiger partial charge in [0.1, 0.15) is 0 Å². The maximum atomic E-state index is 9.51. The largest absolute Gasteiger partial charge is 0.393 e. The zero-order valence-corrected chi connectivity index (χ0v) is 8.21. The van der Waals surface area contributed by atoms with Crippen LogP contribution >= 0.6 is 0 Å². The molecule has 0 aromatic rings. The van der Waals surface area contributed by atoms with Gasteiger partial charge < -0.3 is 10.4 Å². The van der Waals surface area contributed by atoms with Crippen molar-refractivity contribution in [3.63, 3.8) is 0 Å². The van der Waals surface area contributed by atoms with E-state index in [9.17, 15) is 5.11 Å². The highest BCUT2D eigenvalue weighted by atomic mass is 16.3. The molecule has 0 amide bonds. The van der Waals surface area contributed by atoms with Crippen LogP contribution in [0.15, 0.2) is 0 Å². The van der Waals surface area contributed by atoms with Gasteiger partial charge in [-0.2, -0.15) is 0 Å². The minimum atomic E-state index is -0.0423. The molecule has 0 saturated carbocycles. The lowest BCUT2D eigenvalue weighted by atomic mass is 10.2. The predicted molar refractivity (Wildman–Crippen MR) is 52.7 cm³/mol. The lowest BCUT2D eigenvalue weighted by molar-refractivity contribution is 0.149. The molecule has 2 N–H and O–H groups in total. The van der Waals surface area contributed by atoms with Crippen LogP contribution in [-0.2, 0) is 0 Å². The number of nitrogens with one attached hydrogen (secondary N) is 1. The third-order valence-corrected chi connectivity index (χ3v) is 3.28. The molecule has 2 atom stereocenters. The van der Waals surface area contributed by atoms with E-state index in [1.165, 1.54) is 19.5 Å². The van der Waals surface area contributed by atoms with E-state index in [2.05, 4.69) is 10.2 Å². The van der Waals surface area contributed by atoms with Crippen LogP contribution in [0.5, 0.6) is 0 Å². The summed E-state index contributed by atoms with van der Waals surface area (Å²) in [5, 5.41) is 12.9. The SMILES string of the molecule is OC1CCCN(C2CCNC2)CC1.